The van der Waals surface area contributed by atoms with Gasteiger partial charge in [-0.05, 0) is 29.5 Å². The molecule has 2 aromatic carbocycles. The fraction of sp³-hybridized carbons (Fsp3) is 0.484. The lowest BCUT2D eigenvalue weighted by Crippen LogP contribution is -2.43. The first kappa shape index (κ1) is 29.0. The van der Waals surface area contributed by atoms with Crippen molar-refractivity contribution in [1.29, 1.82) is 0 Å². The highest BCUT2D eigenvalue weighted by atomic mass is 16.7. The van der Waals surface area contributed by atoms with E-state index >= 15 is 0 Å². The highest BCUT2D eigenvalue weighted by molar-refractivity contribution is 5.80. The minimum Gasteiger partial charge on any atom is -0.481 e. The van der Waals surface area contributed by atoms with Crippen LogP contribution in [0.4, 0.5) is 0 Å². The summed E-state index contributed by atoms with van der Waals surface area (Å²) in [5.41, 5.74) is 3.73. The minimum absolute atomic E-state index is 0.00439. The summed E-state index contributed by atoms with van der Waals surface area (Å²) in [6.07, 6.45) is 6.71. The molecular formula is C31H40N2O6. The molecule has 2 aromatic rings. The van der Waals surface area contributed by atoms with E-state index in [1.165, 1.54) is 25.7 Å². The summed E-state index contributed by atoms with van der Waals surface area (Å²) >= 11 is 0. The second kappa shape index (κ2) is 14.4. The molecule has 2 fully saturated rings. The SMILES string of the molecule is C=CCN(C[C@@H]1C[C@H](c2ccc(CO)cc2)O[C@H](c2ccc(CNC(=O)CCC(=O)O)cc2)O1)C1CCCC1. The number of aliphatic carboxylic acids is 1. The Morgan fingerprint density at radius 3 is 2.28 bits per heavy atom. The molecule has 0 aromatic heterocycles. The molecule has 8 heteroatoms. The highest BCUT2D eigenvalue weighted by Crippen LogP contribution is 2.38. The molecule has 1 saturated carbocycles. The van der Waals surface area contributed by atoms with Gasteiger partial charge in [-0.2, -0.15) is 0 Å². The first-order valence-corrected chi connectivity index (χ1v) is 13.9. The lowest BCUT2D eigenvalue weighted by Gasteiger charge is -2.39. The standard InChI is InChI=1S/C31H40N2O6/c1-2-17-33(26-5-3-4-6-26)20-27-18-28(24-11-9-23(21-34)10-12-24)39-31(38-27)25-13-7-22(8-14-25)19-32-29(35)15-16-30(36)37/h2,7-14,26-28,31,34H,1,3-6,15-21H2,(H,32,35)(H,36,37)/t27-,28+,31+/m0/s1. The molecule has 0 unspecified atom stereocenters. The van der Waals surface area contributed by atoms with Gasteiger partial charge in [0, 0.05) is 44.1 Å². The van der Waals surface area contributed by atoms with E-state index in [4.69, 9.17) is 14.6 Å². The van der Waals surface area contributed by atoms with Crippen LogP contribution in [0.1, 0.15) is 79.6 Å². The predicted octanol–water partition coefficient (Wildman–Crippen LogP) is 4.64. The normalized spacial score (nSPS) is 21.6. The molecule has 3 atom stereocenters. The number of carboxylic acids is 1. The van der Waals surface area contributed by atoms with Crippen LogP contribution >= 0.6 is 0 Å². The molecule has 1 saturated heterocycles. The van der Waals surface area contributed by atoms with Crippen LogP contribution in [0.25, 0.3) is 0 Å². The van der Waals surface area contributed by atoms with Crippen LogP contribution in [-0.4, -0.2) is 52.2 Å². The lowest BCUT2D eigenvalue weighted by atomic mass is 9.99. The Morgan fingerprint density at radius 2 is 1.64 bits per heavy atom. The monoisotopic (exact) mass is 536 g/mol. The summed E-state index contributed by atoms with van der Waals surface area (Å²) in [6, 6.07) is 16.2. The first-order chi connectivity index (χ1) is 18.9. The van der Waals surface area contributed by atoms with Crippen molar-refractivity contribution in [2.75, 3.05) is 13.1 Å². The Kier molecular flexibility index (Phi) is 10.7. The molecule has 8 nitrogen and oxygen atoms in total. The third kappa shape index (κ3) is 8.47. The fourth-order valence-electron chi connectivity index (χ4n) is 5.40. The lowest BCUT2D eigenvalue weighted by molar-refractivity contribution is -0.253. The fourth-order valence-corrected chi connectivity index (χ4v) is 5.40. The zero-order valence-electron chi connectivity index (χ0n) is 22.5. The minimum atomic E-state index is -0.987. The van der Waals surface area contributed by atoms with Crippen LogP contribution in [-0.2, 0) is 32.2 Å². The van der Waals surface area contributed by atoms with Crippen LogP contribution in [0, 0.1) is 0 Å². The van der Waals surface area contributed by atoms with Crippen molar-refractivity contribution in [3.8, 4) is 0 Å². The summed E-state index contributed by atoms with van der Waals surface area (Å²) in [4.78, 5) is 25.0. The van der Waals surface area contributed by atoms with Crippen molar-refractivity contribution >= 4 is 11.9 Å². The molecule has 2 aliphatic rings. The van der Waals surface area contributed by atoms with Crippen molar-refractivity contribution in [2.24, 2.45) is 0 Å². The molecule has 1 aliphatic heterocycles. The Balaban J connectivity index is 1.46. The van der Waals surface area contributed by atoms with Gasteiger partial charge in [-0.1, -0.05) is 67.4 Å². The van der Waals surface area contributed by atoms with Crippen LogP contribution in [0.5, 0.6) is 0 Å². The average Bonchev–Trinajstić information content (AvgIpc) is 3.50. The maximum atomic E-state index is 11.9. The number of carbonyl (C=O) groups is 2. The molecule has 1 aliphatic carbocycles. The highest BCUT2D eigenvalue weighted by Gasteiger charge is 2.34. The Morgan fingerprint density at radius 1 is 0.974 bits per heavy atom. The number of carbonyl (C=O) groups excluding carboxylic acids is 1. The molecule has 39 heavy (non-hydrogen) atoms. The number of hydrogen-bond donors (Lipinski definition) is 3. The van der Waals surface area contributed by atoms with Gasteiger partial charge in [0.05, 0.1) is 25.2 Å². The van der Waals surface area contributed by atoms with E-state index in [9.17, 15) is 14.7 Å². The van der Waals surface area contributed by atoms with E-state index < -0.39 is 12.3 Å². The molecule has 0 bridgehead atoms. The van der Waals surface area contributed by atoms with Crippen LogP contribution in [0.2, 0.25) is 0 Å². The molecule has 3 N–H and O–H groups in total. The third-order valence-corrected chi connectivity index (χ3v) is 7.57. The van der Waals surface area contributed by atoms with Gasteiger partial charge in [0.15, 0.2) is 6.29 Å². The van der Waals surface area contributed by atoms with E-state index in [2.05, 4.69) is 16.8 Å². The second-order valence-electron chi connectivity index (χ2n) is 10.4. The first-order valence-electron chi connectivity index (χ1n) is 13.9. The number of amides is 1. The molecule has 1 heterocycles. The zero-order chi connectivity index (χ0) is 27.6. The Bertz CT molecular complexity index is 1080. The van der Waals surface area contributed by atoms with Crippen LogP contribution in [0.15, 0.2) is 61.2 Å². The molecular weight excluding hydrogens is 496 g/mol. The van der Waals surface area contributed by atoms with Gasteiger partial charge in [-0.3, -0.25) is 14.5 Å². The van der Waals surface area contributed by atoms with Crippen molar-refractivity contribution in [1.82, 2.24) is 10.2 Å². The van der Waals surface area contributed by atoms with Gasteiger partial charge in [0.2, 0.25) is 5.91 Å². The van der Waals surface area contributed by atoms with E-state index in [1.807, 2.05) is 54.6 Å². The number of ether oxygens (including phenoxy) is 2. The molecule has 0 radical (unpaired) electrons. The van der Waals surface area contributed by atoms with Crippen molar-refractivity contribution in [3.05, 3.63) is 83.4 Å². The van der Waals surface area contributed by atoms with E-state index in [0.717, 1.165) is 41.8 Å². The van der Waals surface area contributed by atoms with E-state index in [1.54, 1.807) is 0 Å². The zero-order valence-corrected chi connectivity index (χ0v) is 22.5. The number of nitrogens with zero attached hydrogens (tertiary/aromatic N) is 1. The average molecular weight is 537 g/mol. The van der Waals surface area contributed by atoms with Crippen LogP contribution in [0.3, 0.4) is 0 Å². The van der Waals surface area contributed by atoms with Crippen molar-refractivity contribution in [3.63, 3.8) is 0 Å². The number of hydrogen-bond acceptors (Lipinski definition) is 6. The van der Waals surface area contributed by atoms with Gasteiger partial charge in [0.25, 0.3) is 0 Å². The molecule has 210 valence electrons. The number of aliphatic hydroxyl groups excluding tert-OH is 1. The number of carboxylic acid groups (broad SMARTS) is 1. The van der Waals surface area contributed by atoms with Gasteiger partial charge >= 0.3 is 5.97 Å². The maximum Gasteiger partial charge on any atom is 0.303 e. The summed E-state index contributed by atoms with van der Waals surface area (Å²) < 4.78 is 13.0. The maximum absolute atomic E-state index is 11.9. The second-order valence-corrected chi connectivity index (χ2v) is 10.4. The number of benzene rings is 2. The van der Waals surface area contributed by atoms with Gasteiger partial charge in [-0.25, -0.2) is 0 Å². The smallest absolute Gasteiger partial charge is 0.303 e. The van der Waals surface area contributed by atoms with E-state index in [0.29, 0.717) is 12.6 Å². The molecule has 1 amide bonds. The largest absolute Gasteiger partial charge is 0.481 e. The summed E-state index contributed by atoms with van der Waals surface area (Å²) in [5, 5.41) is 21.0. The van der Waals surface area contributed by atoms with Crippen molar-refractivity contribution in [2.45, 2.75) is 82.6 Å². The van der Waals surface area contributed by atoms with Gasteiger partial charge < -0.3 is 25.0 Å². The third-order valence-electron chi connectivity index (χ3n) is 7.57. The number of nitrogens with one attached hydrogen (secondary N) is 1. The molecule has 0 spiro atoms. The quantitative estimate of drug-likeness (QED) is 0.320. The summed E-state index contributed by atoms with van der Waals surface area (Å²) in [7, 11) is 0. The topological polar surface area (TPSA) is 108 Å². The molecule has 4 rings (SSSR count). The summed E-state index contributed by atoms with van der Waals surface area (Å²) in [6.45, 7) is 5.95. The summed E-state index contributed by atoms with van der Waals surface area (Å²) in [5.74, 6) is -1.27. The van der Waals surface area contributed by atoms with Gasteiger partial charge in [-0.15, -0.1) is 6.58 Å². The number of rotatable bonds is 13. The predicted molar refractivity (Wildman–Crippen MR) is 148 cm³/mol. The van der Waals surface area contributed by atoms with Gasteiger partial charge in [0.1, 0.15) is 0 Å². The Hall–Kier alpha value is -3.04. The Labute approximate surface area is 230 Å². The van der Waals surface area contributed by atoms with Crippen LogP contribution < -0.4 is 5.32 Å². The van der Waals surface area contributed by atoms with Crippen molar-refractivity contribution < 1.29 is 29.3 Å². The number of aliphatic hydroxyl groups is 1. The van der Waals surface area contributed by atoms with E-state index in [-0.39, 0.29) is 37.6 Å².